The minimum atomic E-state index is -0.526. The van der Waals surface area contributed by atoms with Crippen LogP contribution in [0.3, 0.4) is 0 Å². The Morgan fingerprint density at radius 2 is 2.05 bits per heavy atom. The Hall–Kier alpha value is -2.30. The molecule has 0 aliphatic carbocycles. The molecule has 0 heterocycles. The van der Waals surface area contributed by atoms with Gasteiger partial charge in [-0.05, 0) is 45.7 Å². The molecule has 0 saturated carbocycles. The van der Waals surface area contributed by atoms with E-state index in [0.717, 1.165) is 11.3 Å². The highest BCUT2D eigenvalue weighted by Crippen LogP contribution is 2.17. The SMILES string of the molecule is C/C=C/N(C=N)CCc1ccccc1NC(=O)OC(C)(C)C. The van der Waals surface area contributed by atoms with E-state index in [1.54, 1.807) is 4.90 Å². The van der Waals surface area contributed by atoms with Crippen molar-refractivity contribution in [2.24, 2.45) is 0 Å². The number of benzene rings is 1. The van der Waals surface area contributed by atoms with Gasteiger partial charge in [-0.2, -0.15) is 0 Å². The molecule has 0 unspecified atom stereocenters. The normalized spacial score (nSPS) is 11.3. The minimum absolute atomic E-state index is 0.461. The first kappa shape index (κ1) is 17.8. The zero-order valence-corrected chi connectivity index (χ0v) is 13.7. The molecule has 0 aliphatic rings. The molecule has 0 aliphatic heterocycles. The number of hydrogen-bond donors (Lipinski definition) is 2. The molecule has 22 heavy (non-hydrogen) atoms. The monoisotopic (exact) mass is 303 g/mol. The number of carbonyl (C=O) groups is 1. The molecule has 0 bridgehead atoms. The molecule has 120 valence electrons. The molecule has 1 rings (SSSR count). The fourth-order valence-corrected chi connectivity index (χ4v) is 1.90. The third kappa shape index (κ3) is 6.43. The fraction of sp³-hybridized carbons (Fsp3) is 0.412. The van der Waals surface area contributed by atoms with Crippen LogP contribution in [0.4, 0.5) is 10.5 Å². The standard InChI is InChI=1S/C17H25N3O2/c1-5-11-20(13-18)12-10-14-8-6-7-9-15(14)19-16(21)22-17(2,3)4/h5-9,11,13,18H,10,12H2,1-4H3,(H,19,21)/b11-5+,18-13?. The molecule has 0 radical (unpaired) electrons. The maximum Gasteiger partial charge on any atom is 0.412 e. The van der Waals surface area contributed by atoms with Gasteiger partial charge in [0.2, 0.25) is 0 Å². The van der Waals surface area contributed by atoms with Crippen molar-refractivity contribution < 1.29 is 9.53 Å². The number of amides is 1. The first-order chi connectivity index (χ1) is 10.4. The zero-order chi connectivity index (χ0) is 16.6. The van der Waals surface area contributed by atoms with Crippen molar-refractivity contribution >= 4 is 18.1 Å². The largest absolute Gasteiger partial charge is 0.444 e. The Labute approximate surface area is 132 Å². The van der Waals surface area contributed by atoms with Crippen LogP contribution >= 0.6 is 0 Å². The summed E-state index contributed by atoms with van der Waals surface area (Å²) in [7, 11) is 0. The lowest BCUT2D eigenvalue weighted by Crippen LogP contribution is -2.27. The summed E-state index contributed by atoms with van der Waals surface area (Å²) in [5, 5.41) is 10.1. The summed E-state index contributed by atoms with van der Waals surface area (Å²) in [5.74, 6) is 0. The Morgan fingerprint density at radius 1 is 1.36 bits per heavy atom. The van der Waals surface area contributed by atoms with Gasteiger partial charge in [0, 0.05) is 18.4 Å². The van der Waals surface area contributed by atoms with Gasteiger partial charge in [0.25, 0.3) is 0 Å². The van der Waals surface area contributed by atoms with Crippen molar-refractivity contribution in [1.29, 1.82) is 5.41 Å². The van der Waals surface area contributed by atoms with Crippen LogP contribution in [0.2, 0.25) is 0 Å². The molecular weight excluding hydrogens is 278 g/mol. The van der Waals surface area contributed by atoms with Crippen LogP contribution in [0, 0.1) is 5.41 Å². The van der Waals surface area contributed by atoms with E-state index in [-0.39, 0.29) is 0 Å². The first-order valence-electron chi connectivity index (χ1n) is 7.33. The summed E-state index contributed by atoms with van der Waals surface area (Å²) < 4.78 is 5.27. The number of nitrogens with zero attached hydrogens (tertiary/aromatic N) is 1. The van der Waals surface area contributed by atoms with E-state index < -0.39 is 11.7 Å². The van der Waals surface area contributed by atoms with E-state index in [1.807, 2.05) is 64.2 Å². The number of carbonyl (C=O) groups excluding carboxylic acids is 1. The van der Waals surface area contributed by atoms with Crippen LogP contribution in [-0.4, -0.2) is 29.5 Å². The van der Waals surface area contributed by atoms with Gasteiger partial charge in [-0.3, -0.25) is 10.7 Å². The second-order valence-electron chi connectivity index (χ2n) is 5.88. The quantitative estimate of drug-likeness (QED) is 0.616. The van der Waals surface area contributed by atoms with Crippen molar-refractivity contribution in [1.82, 2.24) is 4.90 Å². The van der Waals surface area contributed by atoms with Gasteiger partial charge in [0.1, 0.15) is 5.60 Å². The molecular formula is C17H25N3O2. The van der Waals surface area contributed by atoms with Gasteiger partial charge in [0.05, 0.1) is 6.34 Å². The maximum atomic E-state index is 11.9. The van der Waals surface area contributed by atoms with E-state index in [4.69, 9.17) is 10.1 Å². The van der Waals surface area contributed by atoms with Gasteiger partial charge in [0.15, 0.2) is 0 Å². The van der Waals surface area contributed by atoms with Crippen molar-refractivity contribution in [3.05, 3.63) is 42.1 Å². The highest BCUT2D eigenvalue weighted by atomic mass is 16.6. The molecule has 0 spiro atoms. The molecule has 5 heteroatoms. The molecule has 2 N–H and O–H groups in total. The Morgan fingerprint density at radius 3 is 2.64 bits per heavy atom. The van der Waals surface area contributed by atoms with Gasteiger partial charge in [-0.25, -0.2) is 4.79 Å². The summed E-state index contributed by atoms with van der Waals surface area (Å²) in [6.07, 6.45) is 5.26. The Balaban J connectivity index is 2.73. The lowest BCUT2D eigenvalue weighted by atomic mass is 10.1. The summed E-state index contributed by atoms with van der Waals surface area (Å²) in [6, 6.07) is 7.62. The molecule has 1 aromatic rings. The average Bonchev–Trinajstić information content (AvgIpc) is 2.42. The van der Waals surface area contributed by atoms with Crippen LogP contribution in [0.5, 0.6) is 0 Å². The lowest BCUT2D eigenvalue weighted by Gasteiger charge is -2.21. The van der Waals surface area contributed by atoms with Gasteiger partial charge >= 0.3 is 6.09 Å². The second kappa shape index (κ2) is 8.22. The van der Waals surface area contributed by atoms with Crippen molar-refractivity contribution in [2.75, 3.05) is 11.9 Å². The Bertz CT molecular complexity index is 533. The fourth-order valence-electron chi connectivity index (χ4n) is 1.90. The molecule has 0 aromatic heterocycles. The lowest BCUT2D eigenvalue weighted by molar-refractivity contribution is 0.0636. The summed E-state index contributed by atoms with van der Waals surface area (Å²) >= 11 is 0. The van der Waals surface area contributed by atoms with Gasteiger partial charge in [-0.1, -0.05) is 24.3 Å². The second-order valence-corrected chi connectivity index (χ2v) is 5.88. The predicted octanol–water partition coefficient (Wildman–Crippen LogP) is 4.02. The highest BCUT2D eigenvalue weighted by molar-refractivity contribution is 5.85. The van der Waals surface area contributed by atoms with Crippen LogP contribution in [-0.2, 0) is 11.2 Å². The molecule has 0 saturated heterocycles. The number of para-hydroxylation sites is 1. The number of hydrogen-bond acceptors (Lipinski definition) is 3. The molecule has 0 fully saturated rings. The number of anilines is 1. The van der Waals surface area contributed by atoms with Crippen molar-refractivity contribution in [2.45, 2.75) is 39.7 Å². The smallest absolute Gasteiger partial charge is 0.412 e. The minimum Gasteiger partial charge on any atom is -0.444 e. The Kier molecular flexibility index (Phi) is 6.63. The van der Waals surface area contributed by atoms with Gasteiger partial charge in [-0.15, -0.1) is 0 Å². The van der Waals surface area contributed by atoms with Crippen LogP contribution in [0.1, 0.15) is 33.3 Å². The third-order valence-electron chi connectivity index (χ3n) is 2.80. The van der Waals surface area contributed by atoms with Crippen LogP contribution in [0.25, 0.3) is 0 Å². The van der Waals surface area contributed by atoms with Crippen LogP contribution in [0.15, 0.2) is 36.5 Å². The van der Waals surface area contributed by atoms with Crippen molar-refractivity contribution in [3.8, 4) is 0 Å². The topological polar surface area (TPSA) is 65.4 Å². The molecule has 5 nitrogen and oxygen atoms in total. The van der Waals surface area contributed by atoms with E-state index in [1.165, 1.54) is 6.34 Å². The number of nitrogens with one attached hydrogen (secondary N) is 2. The molecule has 1 amide bonds. The van der Waals surface area contributed by atoms with E-state index in [2.05, 4.69) is 5.32 Å². The van der Waals surface area contributed by atoms with Crippen molar-refractivity contribution in [3.63, 3.8) is 0 Å². The summed E-state index contributed by atoms with van der Waals surface area (Å²) in [5.41, 5.74) is 1.22. The zero-order valence-electron chi connectivity index (χ0n) is 13.7. The number of rotatable bonds is 6. The third-order valence-corrected chi connectivity index (χ3v) is 2.80. The first-order valence-corrected chi connectivity index (χ1v) is 7.33. The number of ether oxygens (including phenoxy) is 1. The maximum absolute atomic E-state index is 11.9. The average molecular weight is 303 g/mol. The molecule has 1 aromatic carbocycles. The van der Waals surface area contributed by atoms with E-state index in [9.17, 15) is 4.79 Å². The highest BCUT2D eigenvalue weighted by Gasteiger charge is 2.17. The summed E-state index contributed by atoms with van der Waals surface area (Å²) in [4.78, 5) is 13.7. The van der Waals surface area contributed by atoms with E-state index >= 15 is 0 Å². The summed E-state index contributed by atoms with van der Waals surface area (Å²) in [6.45, 7) is 8.07. The molecule has 0 atom stereocenters. The predicted molar refractivity (Wildman–Crippen MR) is 90.3 cm³/mol. The van der Waals surface area contributed by atoms with E-state index in [0.29, 0.717) is 13.0 Å². The van der Waals surface area contributed by atoms with Crippen LogP contribution < -0.4 is 5.32 Å². The number of allylic oxidation sites excluding steroid dienone is 1. The van der Waals surface area contributed by atoms with Gasteiger partial charge < -0.3 is 9.64 Å².